The molecule has 9 heteroatoms. The van der Waals surface area contributed by atoms with E-state index >= 15 is 0 Å². The van der Waals surface area contributed by atoms with Crippen LogP contribution in [0.15, 0.2) is 60.2 Å². The Hall–Kier alpha value is -2.73. The fourth-order valence-electron chi connectivity index (χ4n) is 7.86. The normalized spacial score (nSPS) is 27.2. The van der Waals surface area contributed by atoms with Crippen molar-refractivity contribution in [3.63, 3.8) is 0 Å². The number of fused-ring (bicyclic) bond motifs is 2. The van der Waals surface area contributed by atoms with E-state index in [4.69, 9.17) is 23.1 Å². The summed E-state index contributed by atoms with van der Waals surface area (Å²) in [5.74, 6) is 0.647. The van der Waals surface area contributed by atoms with E-state index in [0.717, 1.165) is 34.9 Å². The zero-order valence-corrected chi connectivity index (χ0v) is 37.4. The van der Waals surface area contributed by atoms with Gasteiger partial charge in [-0.25, -0.2) is 4.79 Å². The molecule has 0 spiro atoms. The fraction of sp³-hybridized carbons (Fsp3) is 0.644. The van der Waals surface area contributed by atoms with E-state index in [-0.39, 0.29) is 64.2 Å². The van der Waals surface area contributed by atoms with Crippen molar-refractivity contribution in [2.75, 3.05) is 0 Å². The van der Waals surface area contributed by atoms with Crippen LogP contribution in [-0.2, 0) is 27.9 Å². The van der Waals surface area contributed by atoms with Crippen LogP contribution in [-0.4, -0.2) is 59.1 Å². The fourth-order valence-corrected chi connectivity index (χ4v) is 10.5. The zero-order valence-electron chi connectivity index (χ0n) is 35.4. The van der Waals surface area contributed by atoms with Gasteiger partial charge in [0.2, 0.25) is 0 Å². The van der Waals surface area contributed by atoms with Gasteiger partial charge in [-0.05, 0) is 90.8 Å². The van der Waals surface area contributed by atoms with Crippen molar-refractivity contribution in [3.8, 4) is 5.75 Å². The Morgan fingerprint density at radius 2 is 1.59 bits per heavy atom. The van der Waals surface area contributed by atoms with Gasteiger partial charge in [0.1, 0.15) is 18.0 Å². The first-order chi connectivity index (χ1) is 25.1. The number of hydrogen-bond acceptors (Lipinski definition) is 7. The van der Waals surface area contributed by atoms with E-state index in [1.54, 1.807) is 0 Å². The molecule has 0 amide bonds. The molecule has 0 aromatic heterocycles. The van der Waals surface area contributed by atoms with Crippen molar-refractivity contribution in [1.82, 2.24) is 0 Å². The molecule has 5 rings (SSSR count). The third-order valence-electron chi connectivity index (χ3n) is 13.2. The molecule has 0 N–H and O–H groups in total. The van der Waals surface area contributed by atoms with E-state index in [2.05, 4.69) is 105 Å². The quantitative estimate of drug-likeness (QED) is 0.157. The van der Waals surface area contributed by atoms with Crippen molar-refractivity contribution in [2.24, 2.45) is 17.8 Å². The number of carbonyl (C=O) groups excluding carboxylic acids is 2. The summed E-state index contributed by atoms with van der Waals surface area (Å²) in [6.45, 7) is 28.8. The van der Waals surface area contributed by atoms with Gasteiger partial charge in [0.05, 0.1) is 18.6 Å². The molecule has 298 valence electrons. The number of carbonyl (C=O) groups is 2. The van der Waals surface area contributed by atoms with Gasteiger partial charge in [0.25, 0.3) is 0 Å². The SMILES string of the molecule is CC[C@H](Oc1c(C)ccc2ccccc12)C(=O)OC1CC(O[Si](C)(C)C(C)(C)C)C=C2C=CC(C)C(CC[C@@H]3C[C@@H](O[Si](C)(C)C(C)(C)C)CC(=O)O3)C21. The van der Waals surface area contributed by atoms with Crippen molar-refractivity contribution in [1.29, 1.82) is 0 Å². The molecule has 8 atom stereocenters. The summed E-state index contributed by atoms with van der Waals surface area (Å²) < 4.78 is 32.9. The number of hydrogen-bond donors (Lipinski definition) is 0. The minimum Gasteiger partial charge on any atom is -0.478 e. The predicted octanol–water partition coefficient (Wildman–Crippen LogP) is 11.3. The van der Waals surface area contributed by atoms with Gasteiger partial charge < -0.3 is 23.1 Å². The molecular weight excluding hydrogens is 709 g/mol. The summed E-state index contributed by atoms with van der Waals surface area (Å²) in [4.78, 5) is 27.2. The highest BCUT2D eigenvalue weighted by Crippen LogP contribution is 2.47. The van der Waals surface area contributed by atoms with Crippen LogP contribution >= 0.6 is 0 Å². The molecular formula is C45H68O7Si2. The number of allylic oxidation sites excluding steroid dienone is 2. The summed E-state index contributed by atoms with van der Waals surface area (Å²) >= 11 is 0. The third kappa shape index (κ3) is 9.62. The van der Waals surface area contributed by atoms with Crippen LogP contribution in [0.5, 0.6) is 5.75 Å². The first kappa shape index (κ1) is 42.4. The number of cyclic esters (lactones) is 1. The molecule has 1 aliphatic heterocycles. The van der Waals surface area contributed by atoms with E-state index in [1.807, 2.05) is 38.1 Å². The predicted molar refractivity (Wildman–Crippen MR) is 224 cm³/mol. The number of esters is 2. The second-order valence-corrected chi connectivity index (χ2v) is 28.8. The Labute approximate surface area is 327 Å². The summed E-state index contributed by atoms with van der Waals surface area (Å²) in [6, 6.07) is 12.3. The minimum atomic E-state index is -2.13. The maximum atomic E-state index is 14.3. The average molecular weight is 777 g/mol. The van der Waals surface area contributed by atoms with Crippen LogP contribution in [0, 0.1) is 24.7 Å². The lowest BCUT2D eigenvalue weighted by atomic mass is 9.66. The highest BCUT2D eigenvalue weighted by Gasteiger charge is 2.47. The molecule has 1 fully saturated rings. The third-order valence-corrected chi connectivity index (χ3v) is 22.2. The van der Waals surface area contributed by atoms with Crippen molar-refractivity contribution >= 4 is 39.3 Å². The molecule has 54 heavy (non-hydrogen) atoms. The molecule has 0 radical (unpaired) electrons. The molecule has 2 aliphatic carbocycles. The molecule has 1 saturated heterocycles. The van der Waals surface area contributed by atoms with E-state index in [1.165, 1.54) is 5.57 Å². The number of benzene rings is 2. The minimum absolute atomic E-state index is 0.0106. The first-order valence-corrected chi connectivity index (χ1v) is 26.2. The molecule has 7 nitrogen and oxygen atoms in total. The van der Waals surface area contributed by atoms with Gasteiger partial charge in [-0.3, -0.25) is 4.79 Å². The van der Waals surface area contributed by atoms with Crippen LogP contribution in [0.1, 0.15) is 99.5 Å². The van der Waals surface area contributed by atoms with Gasteiger partial charge in [0.15, 0.2) is 22.7 Å². The molecule has 0 bridgehead atoms. The first-order valence-electron chi connectivity index (χ1n) is 20.4. The van der Waals surface area contributed by atoms with Crippen molar-refractivity contribution in [2.45, 2.75) is 168 Å². The Balaban J connectivity index is 1.39. The van der Waals surface area contributed by atoms with Gasteiger partial charge in [0, 0.05) is 24.1 Å². The summed E-state index contributed by atoms with van der Waals surface area (Å²) in [5.41, 5.74) is 2.15. The Morgan fingerprint density at radius 3 is 2.26 bits per heavy atom. The highest BCUT2D eigenvalue weighted by atomic mass is 28.4. The van der Waals surface area contributed by atoms with Gasteiger partial charge in [-0.2, -0.15) is 0 Å². The molecule has 5 unspecified atom stereocenters. The average Bonchev–Trinajstić information content (AvgIpc) is 3.06. The zero-order chi connectivity index (χ0) is 39.8. The van der Waals surface area contributed by atoms with Crippen LogP contribution in [0.2, 0.25) is 36.3 Å². The Kier molecular flexibility index (Phi) is 12.9. The van der Waals surface area contributed by atoms with E-state index in [0.29, 0.717) is 25.7 Å². The lowest BCUT2D eigenvalue weighted by Gasteiger charge is -2.46. The smallest absolute Gasteiger partial charge is 0.347 e. The standard InChI is InChI=1S/C45H68O7Si2/c1-14-38(49-42-30(3)20-21-31-17-15-16-18-37(31)42)43(47)50-39-27-34(51-53(10,11)44(4,5)6)25-32-22-19-29(2)36(41(32)39)24-23-33-26-35(28-40(46)48-33)52-54(12,13)45(7,8)9/h15-22,25,29,33-36,38-39,41H,14,23-24,26-28H2,1-13H3/t29?,33-,34?,35-,36?,38+,39?,41?/m1/s1. The molecule has 1 heterocycles. The van der Waals surface area contributed by atoms with Crippen LogP contribution < -0.4 is 4.74 Å². The Morgan fingerprint density at radius 1 is 0.926 bits per heavy atom. The van der Waals surface area contributed by atoms with Crippen molar-refractivity contribution in [3.05, 3.63) is 65.8 Å². The number of aryl methyl sites for hydroxylation is 1. The summed E-state index contributed by atoms with van der Waals surface area (Å²) in [5, 5.41) is 2.16. The number of rotatable bonds is 12. The van der Waals surface area contributed by atoms with Crippen LogP contribution in [0.3, 0.4) is 0 Å². The summed E-state index contributed by atoms with van der Waals surface area (Å²) in [7, 11) is -4.18. The van der Waals surface area contributed by atoms with Gasteiger partial charge in [-0.15, -0.1) is 0 Å². The maximum absolute atomic E-state index is 14.3. The van der Waals surface area contributed by atoms with Crippen LogP contribution in [0.25, 0.3) is 10.8 Å². The highest BCUT2D eigenvalue weighted by molar-refractivity contribution is 6.74. The van der Waals surface area contributed by atoms with Gasteiger partial charge >= 0.3 is 11.9 Å². The second kappa shape index (κ2) is 16.4. The van der Waals surface area contributed by atoms with Crippen LogP contribution in [0.4, 0.5) is 0 Å². The lowest BCUT2D eigenvalue weighted by molar-refractivity contribution is -0.164. The number of ether oxygens (including phenoxy) is 3. The molecule has 2 aromatic rings. The molecule has 0 saturated carbocycles. The molecule has 3 aliphatic rings. The molecule has 2 aromatic carbocycles. The summed E-state index contributed by atoms with van der Waals surface area (Å²) in [6.07, 6.45) is 8.86. The Bertz CT molecular complexity index is 1710. The largest absolute Gasteiger partial charge is 0.478 e. The lowest BCUT2D eigenvalue weighted by Crippen LogP contribution is -2.49. The van der Waals surface area contributed by atoms with Crippen molar-refractivity contribution < 1.29 is 32.7 Å². The second-order valence-electron chi connectivity index (χ2n) is 19.3. The van der Waals surface area contributed by atoms with E-state index < -0.39 is 22.7 Å². The maximum Gasteiger partial charge on any atom is 0.347 e. The topological polar surface area (TPSA) is 80.3 Å². The van der Waals surface area contributed by atoms with E-state index in [9.17, 15) is 9.59 Å². The van der Waals surface area contributed by atoms with Gasteiger partial charge in [-0.1, -0.05) is 110 Å². The monoisotopic (exact) mass is 776 g/mol.